The molecule has 0 bridgehead atoms. The molecule has 1 aromatic carbocycles. The first-order valence-electron chi connectivity index (χ1n) is 8.40. The molecule has 1 aromatic rings. The Morgan fingerprint density at radius 1 is 1.24 bits per heavy atom. The van der Waals surface area contributed by atoms with Crippen molar-refractivity contribution in [1.29, 1.82) is 0 Å². The molecule has 1 unspecified atom stereocenters. The summed E-state index contributed by atoms with van der Waals surface area (Å²) in [6, 6.07) is 6.39. The lowest BCUT2D eigenvalue weighted by atomic mass is 10.1. The Hall–Kier alpha value is -1.22. The zero-order chi connectivity index (χ0) is 17.5. The number of halogens is 1. The van der Waals surface area contributed by atoms with Gasteiger partial charge in [-0.25, -0.2) is 0 Å². The molecule has 0 aliphatic heterocycles. The first-order valence-corrected chi connectivity index (χ1v) is 8.40. The molecule has 7 heteroatoms. The molecular weight excluding hydrogens is 431 g/mol. The van der Waals surface area contributed by atoms with Gasteiger partial charge in [-0.1, -0.05) is 0 Å². The third-order valence-electron chi connectivity index (χ3n) is 4.47. The van der Waals surface area contributed by atoms with Crippen molar-refractivity contribution in [2.45, 2.75) is 25.4 Å². The van der Waals surface area contributed by atoms with Gasteiger partial charge in [-0.3, -0.25) is 4.99 Å². The number of guanidine groups is 1. The van der Waals surface area contributed by atoms with Crippen LogP contribution in [0.15, 0.2) is 23.2 Å². The van der Waals surface area contributed by atoms with Gasteiger partial charge in [-0.05, 0) is 45.0 Å². The summed E-state index contributed by atoms with van der Waals surface area (Å²) in [6.45, 7) is 1.54. The van der Waals surface area contributed by atoms with E-state index in [1.54, 1.807) is 21.3 Å². The molecule has 2 N–H and O–H groups in total. The summed E-state index contributed by atoms with van der Waals surface area (Å²) >= 11 is 0. The van der Waals surface area contributed by atoms with Crippen LogP contribution in [0.2, 0.25) is 0 Å². The normalized spacial score (nSPS) is 15.4. The zero-order valence-electron chi connectivity index (χ0n) is 15.8. The Bertz CT molecular complexity index is 560. The van der Waals surface area contributed by atoms with Gasteiger partial charge in [-0.2, -0.15) is 0 Å². The summed E-state index contributed by atoms with van der Waals surface area (Å²) in [4.78, 5) is 6.61. The summed E-state index contributed by atoms with van der Waals surface area (Å²) < 4.78 is 10.7. The molecule has 1 aliphatic rings. The minimum atomic E-state index is 0. The highest BCUT2D eigenvalue weighted by molar-refractivity contribution is 14.0. The van der Waals surface area contributed by atoms with Crippen molar-refractivity contribution in [2.75, 3.05) is 41.9 Å². The van der Waals surface area contributed by atoms with E-state index in [1.165, 1.54) is 12.8 Å². The number of rotatable bonds is 8. The molecule has 0 heterocycles. The number of ether oxygens (including phenoxy) is 2. The van der Waals surface area contributed by atoms with Crippen LogP contribution >= 0.6 is 24.0 Å². The van der Waals surface area contributed by atoms with E-state index in [0.29, 0.717) is 12.6 Å². The second kappa shape index (κ2) is 10.7. The molecule has 0 spiro atoms. The average Bonchev–Trinajstić information content (AvgIpc) is 3.42. The van der Waals surface area contributed by atoms with E-state index in [4.69, 9.17) is 9.47 Å². The lowest BCUT2D eigenvalue weighted by Gasteiger charge is -2.25. The lowest BCUT2D eigenvalue weighted by molar-refractivity contribution is 0.264. The standard InChI is InChI=1S/C18H30N4O2.HI/c1-19-18(21-12-16(22(2)3)13-6-7-13)20-11-14-8-9-15(23-4)10-17(14)24-5;/h8-10,13,16H,6-7,11-12H2,1-5H3,(H2,19,20,21);1H. The van der Waals surface area contributed by atoms with E-state index in [9.17, 15) is 0 Å². The molecule has 0 amide bonds. The third kappa shape index (κ3) is 6.54. The zero-order valence-corrected chi connectivity index (χ0v) is 18.2. The van der Waals surface area contributed by atoms with Crippen molar-refractivity contribution in [3.05, 3.63) is 23.8 Å². The second-order valence-electron chi connectivity index (χ2n) is 6.35. The van der Waals surface area contributed by atoms with Gasteiger partial charge in [0, 0.05) is 37.8 Å². The Morgan fingerprint density at radius 3 is 2.48 bits per heavy atom. The number of nitrogens with zero attached hydrogens (tertiary/aromatic N) is 2. The SMILES string of the molecule is CN=C(NCc1ccc(OC)cc1OC)NCC(C1CC1)N(C)C.I. The number of benzene rings is 1. The van der Waals surface area contributed by atoms with Crippen molar-refractivity contribution in [2.24, 2.45) is 10.9 Å². The van der Waals surface area contributed by atoms with Crippen LogP contribution < -0.4 is 20.1 Å². The molecule has 1 aliphatic carbocycles. The molecule has 25 heavy (non-hydrogen) atoms. The lowest BCUT2D eigenvalue weighted by Crippen LogP contribution is -2.45. The highest BCUT2D eigenvalue weighted by Crippen LogP contribution is 2.34. The Balaban J connectivity index is 0.00000312. The summed E-state index contributed by atoms with van der Waals surface area (Å²) in [7, 11) is 9.40. The fourth-order valence-electron chi connectivity index (χ4n) is 2.85. The minimum Gasteiger partial charge on any atom is -0.497 e. The minimum absolute atomic E-state index is 0. The molecular formula is C18H31IN4O2. The quantitative estimate of drug-likeness (QED) is 0.353. The van der Waals surface area contributed by atoms with Gasteiger partial charge in [0.2, 0.25) is 0 Å². The van der Waals surface area contributed by atoms with Crippen molar-refractivity contribution >= 4 is 29.9 Å². The largest absolute Gasteiger partial charge is 0.497 e. The molecule has 1 atom stereocenters. The number of hydrogen-bond acceptors (Lipinski definition) is 4. The van der Waals surface area contributed by atoms with Crippen LogP contribution in [0.25, 0.3) is 0 Å². The van der Waals surface area contributed by atoms with Gasteiger partial charge in [-0.15, -0.1) is 24.0 Å². The number of likely N-dealkylation sites (N-methyl/N-ethyl adjacent to an activating group) is 1. The molecule has 1 saturated carbocycles. The molecule has 0 saturated heterocycles. The van der Waals surface area contributed by atoms with Crippen LogP contribution in [0.4, 0.5) is 0 Å². The first-order chi connectivity index (χ1) is 11.6. The van der Waals surface area contributed by atoms with Gasteiger partial charge in [0.25, 0.3) is 0 Å². The predicted octanol–water partition coefficient (Wildman–Crippen LogP) is 2.33. The van der Waals surface area contributed by atoms with Gasteiger partial charge in [0.05, 0.1) is 14.2 Å². The number of nitrogens with one attached hydrogen (secondary N) is 2. The van der Waals surface area contributed by atoms with E-state index in [1.807, 2.05) is 18.2 Å². The monoisotopic (exact) mass is 462 g/mol. The maximum Gasteiger partial charge on any atom is 0.191 e. The molecule has 0 radical (unpaired) electrons. The molecule has 0 aromatic heterocycles. The fourth-order valence-corrected chi connectivity index (χ4v) is 2.85. The molecule has 1 fully saturated rings. The Morgan fingerprint density at radius 2 is 1.96 bits per heavy atom. The second-order valence-corrected chi connectivity index (χ2v) is 6.35. The summed E-state index contributed by atoms with van der Waals surface area (Å²) in [6.07, 6.45) is 2.67. The predicted molar refractivity (Wildman–Crippen MR) is 113 cm³/mol. The Labute approximate surface area is 168 Å². The highest BCUT2D eigenvalue weighted by Gasteiger charge is 2.32. The van der Waals surface area contributed by atoms with E-state index in [2.05, 4.69) is 34.6 Å². The molecule has 2 rings (SSSR count). The van der Waals surface area contributed by atoms with E-state index >= 15 is 0 Å². The van der Waals surface area contributed by atoms with Crippen LogP contribution in [0.5, 0.6) is 11.5 Å². The van der Waals surface area contributed by atoms with E-state index in [-0.39, 0.29) is 24.0 Å². The summed E-state index contributed by atoms with van der Waals surface area (Å²) in [5.41, 5.74) is 1.06. The van der Waals surface area contributed by atoms with Gasteiger partial charge in [0.15, 0.2) is 5.96 Å². The van der Waals surface area contributed by atoms with Crippen molar-refractivity contribution in [3.8, 4) is 11.5 Å². The smallest absolute Gasteiger partial charge is 0.191 e. The van der Waals surface area contributed by atoms with Crippen LogP contribution in [0, 0.1) is 5.92 Å². The Kier molecular flexibility index (Phi) is 9.34. The molecule has 142 valence electrons. The number of aliphatic imine (C=N–C) groups is 1. The average molecular weight is 462 g/mol. The van der Waals surface area contributed by atoms with Crippen LogP contribution in [-0.4, -0.2) is 58.8 Å². The van der Waals surface area contributed by atoms with Gasteiger partial charge in [0.1, 0.15) is 11.5 Å². The topological polar surface area (TPSA) is 58.1 Å². The third-order valence-corrected chi connectivity index (χ3v) is 4.47. The maximum absolute atomic E-state index is 5.44. The van der Waals surface area contributed by atoms with Gasteiger partial charge >= 0.3 is 0 Å². The van der Waals surface area contributed by atoms with Gasteiger partial charge < -0.3 is 25.0 Å². The number of hydrogen-bond donors (Lipinski definition) is 2. The first kappa shape index (κ1) is 21.8. The van der Waals surface area contributed by atoms with Crippen LogP contribution in [0.3, 0.4) is 0 Å². The van der Waals surface area contributed by atoms with Crippen molar-refractivity contribution in [3.63, 3.8) is 0 Å². The molecule has 6 nitrogen and oxygen atoms in total. The highest BCUT2D eigenvalue weighted by atomic mass is 127. The summed E-state index contributed by atoms with van der Waals surface area (Å²) in [5, 5.41) is 6.79. The van der Waals surface area contributed by atoms with Crippen LogP contribution in [0.1, 0.15) is 18.4 Å². The number of methoxy groups -OCH3 is 2. The van der Waals surface area contributed by atoms with E-state index in [0.717, 1.165) is 35.5 Å². The summed E-state index contributed by atoms with van der Waals surface area (Å²) in [5.74, 6) is 3.21. The maximum atomic E-state index is 5.44. The van der Waals surface area contributed by atoms with Crippen molar-refractivity contribution in [1.82, 2.24) is 15.5 Å². The van der Waals surface area contributed by atoms with Crippen LogP contribution in [-0.2, 0) is 6.54 Å². The van der Waals surface area contributed by atoms with Crippen molar-refractivity contribution < 1.29 is 9.47 Å². The van der Waals surface area contributed by atoms with E-state index < -0.39 is 0 Å². The fraction of sp³-hybridized carbons (Fsp3) is 0.611.